The lowest BCUT2D eigenvalue weighted by Gasteiger charge is -2.40. The van der Waals surface area contributed by atoms with Crippen molar-refractivity contribution in [2.75, 3.05) is 24.6 Å². The highest BCUT2D eigenvalue weighted by Gasteiger charge is 2.26. The summed E-state index contributed by atoms with van der Waals surface area (Å²) in [7, 11) is 0. The molecule has 1 aliphatic heterocycles. The zero-order chi connectivity index (χ0) is 11.5. The van der Waals surface area contributed by atoms with E-state index in [1.807, 2.05) is 11.0 Å². The SMILES string of the molecule is CC1CN(c2ccccc2F)C(CO)CN1. The molecule has 2 unspecified atom stereocenters. The van der Waals surface area contributed by atoms with E-state index in [1.54, 1.807) is 12.1 Å². The number of para-hydroxylation sites is 1. The lowest BCUT2D eigenvalue weighted by molar-refractivity contribution is 0.236. The van der Waals surface area contributed by atoms with Crippen molar-refractivity contribution in [2.45, 2.75) is 19.0 Å². The molecule has 0 aliphatic carbocycles. The van der Waals surface area contributed by atoms with Crippen LogP contribution in [0.15, 0.2) is 24.3 Å². The Kier molecular flexibility index (Phi) is 3.41. The third-order valence-corrected chi connectivity index (χ3v) is 2.99. The normalized spacial score (nSPS) is 25.8. The van der Waals surface area contributed by atoms with Gasteiger partial charge >= 0.3 is 0 Å². The van der Waals surface area contributed by atoms with E-state index in [-0.39, 0.29) is 18.5 Å². The molecule has 1 heterocycles. The van der Waals surface area contributed by atoms with Gasteiger partial charge < -0.3 is 15.3 Å². The highest BCUT2D eigenvalue weighted by molar-refractivity contribution is 5.49. The highest BCUT2D eigenvalue weighted by atomic mass is 19.1. The molecule has 16 heavy (non-hydrogen) atoms. The molecule has 3 nitrogen and oxygen atoms in total. The molecule has 2 N–H and O–H groups in total. The molecule has 2 atom stereocenters. The number of aliphatic hydroxyl groups is 1. The van der Waals surface area contributed by atoms with Crippen LogP contribution in [0.1, 0.15) is 6.92 Å². The predicted octanol–water partition coefficient (Wildman–Crippen LogP) is 0.985. The number of halogens is 1. The molecule has 0 amide bonds. The standard InChI is InChI=1S/C12H17FN2O/c1-9-7-15(10(8-16)6-14-9)12-5-3-2-4-11(12)13/h2-5,9-10,14,16H,6-8H2,1H3. The summed E-state index contributed by atoms with van der Waals surface area (Å²) in [6.07, 6.45) is 0. The number of rotatable bonds is 2. The molecule has 1 saturated heterocycles. The zero-order valence-electron chi connectivity index (χ0n) is 9.36. The quantitative estimate of drug-likeness (QED) is 0.786. The second kappa shape index (κ2) is 4.80. The van der Waals surface area contributed by atoms with E-state index in [1.165, 1.54) is 6.07 Å². The van der Waals surface area contributed by atoms with Crippen LogP contribution >= 0.6 is 0 Å². The van der Waals surface area contributed by atoms with Gasteiger partial charge in [0, 0.05) is 19.1 Å². The summed E-state index contributed by atoms with van der Waals surface area (Å²) in [6.45, 7) is 3.49. The molecule has 1 aromatic carbocycles. The monoisotopic (exact) mass is 224 g/mol. The van der Waals surface area contributed by atoms with Crippen LogP contribution in [0, 0.1) is 5.82 Å². The number of anilines is 1. The average molecular weight is 224 g/mol. The largest absolute Gasteiger partial charge is 0.394 e. The first-order chi connectivity index (χ1) is 7.72. The van der Waals surface area contributed by atoms with Crippen LogP contribution in [0.5, 0.6) is 0 Å². The minimum atomic E-state index is -0.227. The fourth-order valence-electron chi connectivity index (χ4n) is 2.10. The second-order valence-corrected chi connectivity index (χ2v) is 4.25. The van der Waals surface area contributed by atoms with Crippen LogP contribution in [0.3, 0.4) is 0 Å². The first kappa shape index (κ1) is 11.4. The second-order valence-electron chi connectivity index (χ2n) is 4.25. The van der Waals surface area contributed by atoms with Crippen LogP contribution in [0.2, 0.25) is 0 Å². The fraction of sp³-hybridized carbons (Fsp3) is 0.500. The molecule has 0 radical (unpaired) electrons. The summed E-state index contributed by atoms with van der Waals surface area (Å²) in [5.41, 5.74) is 0.579. The molecule has 0 saturated carbocycles. The van der Waals surface area contributed by atoms with Gasteiger partial charge in [0.15, 0.2) is 0 Å². The molecule has 0 bridgehead atoms. The molecular formula is C12H17FN2O. The fourth-order valence-corrected chi connectivity index (χ4v) is 2.10. The van der Waals surface area contributed by atoms with Crippen LogP contribution in [-0.2, 0) is 0 Å². The van der Waals surface area contributed by atoms with Crippen molar-refractivity contribution in [1.29, 1.82) is 0 Å². The van der Waals surface area contributed by atoms with Crippen LogP contribution < -0.4 is 10.2 Å². The molecule has 88 valence electrons. The van der Waals surface area contributed by atoms with Crippen molar-refractivity contribution in [1.82, 2.24) is 5.32 Å². The highest BCUT2D eigenvalue weighted by Crippen LogP contribution is 2.22. The number of hydrogen-bond donors (Lipinski definition) is 2. The van der Waals surface area contributed by atoms with Crippen LogP contribution in [0.25, 0.3) is 0 Å². The van der Waals surface area contributed by atoms with Gasteiger partial charge in [-0.25, -0.2) is 4.39 Å². The van der Waals surface area contributed by atoms with E-state index < -0.39 is 0 Å². The molecule has 0 aromatic heterocycles. The van der Waals surface area contributed by atoms with Gasteiger partial charge in [-0.05, 0) is 19.1 Å². The molecule has 1 aromatic rings. The van der Waals surface area contributed by atoms with Crippen molar-refractivity contribution >= 4 is 5.69 Å². The summed E-state index contributed by atoms with van der Waals surface area (Å²) >= 11 is 0. The van der Waals surface area contributed by atoms with Gasteiger partial charge in [-0.1, -0.05) is 12.1 Å². The van der Waals surface area contributed by atoms with Gasteiger partial charge in [0.2, 0.25) is 0 Å². The molecule has 2 rings (SSSR count). The molecule has 1 aliphatic rings. The summed E-state index contributed by atoms with van der Waals surface area (Å²) < 4.78 is 13.7. The van der Waals surface area contributed by atoms with Gasteiger partial charge in [-0.2, -0.15) is 0 Å². The van der Waals surface area contributed by atoms with E-state index >= 15 is 0 Å². The Hall–Kier alpha value is -1.13. The van der Waals surface area contributed by atoms with E-state index in [4.69, 9.17) is 0 Å². The Labute approximate surface area is 94.9 Å². The molecule has 0 spiro atoms. The predicted molar refractivity (Wildman–Crippen MR) is 62.1 cm³/mol. The lowest BCUT2D eigenvalue weighted by atomic mass is 10.1. The summed E-state index contributed by atoms with van der Waals surface area (Å²) in [5, 5.41) is 12.6. The number of aliphatic hydroxyl groups excluding tert-OH is 1. The maximum Gasteiger partial charge on any atom is 0.146 e. The smallest absolute Gasteiger partial charge is 0.146 e. The van der Waals surface area contributed by atoms with Gasteiger partial charge in [-0.3, -0.25) is 0 Å². The van der Waals surface area contributed by atoms with Crippen molar-refractivity contribution in [2.24, 2.45) is 0 Å². The first-order valence-corrected chi connectivity index (χ1v) is 5.57. The topological polar surface area (TPSA) is 35.5 Å². The van der Waals surface area contributed by atoms with E-state index in [0.717, 1.165) is 0 Å². The van der Waals surface area contributed by atoms with Gasteiger partial charge in [-0.15, -0.1) is 0 Å². The van der Waals surface area contributed by atoms with Gasteiger partial charge in [0.25, 0.3) is 0 Å². The van der Waals surface area contributed by atoms with Gasteiger partial charge in [0.1, 0.15) is 5.82 Å². The Balaban J connectivity index is 2.26. The number of piperazine rings is 1. The molecular weight excluding hydrogens is 207 g/mol. The van der Waals surface area contributed by atoms with Crippen LogP contribution in [-0.4, -0.2) is 36.9 Å². The number of nitrogens with zero attached hydrogens (tertiary/aromatic N) is 1. The average Bonchev–Trinajstić information content (AvgIpc) is 2.29. The number of nitrogens with one attached hydrogen (secondary N) is 1. The summed E-state index contributed by atoms with van der Waals surface area (Å²) in [4.78, 5) is 1.94. The minimum absolute atomic E-state index is 0.0358. The third-order valence-electron chi connectivity index (χ3n) is 2.99. The minimum Gasteiger partial charge on any atom is -0.394 e. The Morgan fingerprint density at radius 2 is 2.25 bits per heavy atom. The van der Waals surface area contributed by atoms with Gasteiger partial charge in [0.05, 0.1) is 18.3 Å². The molecule has 4 heteroatoms. The van der Waals surface area contributed by atoms with E-state index in [0.29, 0.717) is 24.8 Å². The van der Waals surface area contributed by atoms with Crippen molar-refractivity contribution in [3.8, 4) is 0 Å². The van der Waals surface area contributed by atoms with Crippen molar-refractivity contribution < 1.29 is 9.50 Å². The maximum absolute atomic E-state index is 13.7. The van der Waals surface area contributed by atoms with Crippen molar-refractivity contribution in [3.05, 3.63) is 30.1 Å². The summed E-state index contributed by atoms with van der Waals surface area (Å²) in [6, 6.07) is 6.97. The Morgan fingerprint density at radius 1 is 1.50 bits per heavy atom. The van der Waals surface area contributed by atoms with E-state index in [2.05, 4.69) is 12.2 Å². The van der Waals surface area contributed by atoms with Crippen molar-refractivity contribution in [3.63, 3.8) is 0 Å². The molecule has 1 fully saturated rings. The van der Waals surface area contributed by atoms with Crippen LogP contribution in [0.4, 0.5) is 10.1 Å². The first-order valence-electron chi connectivity index (χ1n) is 5.57. The lowest BCUT2D eigenvalue weighted by Crippen LogP contribution is -2.57. The van der Waals surface area contributed by atoms with E-state index in [9.17, 15) is 9.50 Å². The Bertz CT molecular complexity index is 359. The summed E-state index contributed by atoms with van der Waals surface area (Å²) in [5.74, 6) is -0.227. The maximum atomic E-state index is 13.7. The number of benzene rings is 1. The number of hydrogen-bond acceptors (Lipinski definition) is 3. The zero-order valence-corrected chi connectivity index (χ0v) is 9.36. The third kappa shape index (κ3) is 2.18. The Morgan fingerprint density at radius 3 is 2.94 bits per heavy atom.